The van der Waals surface area contributed by atoms with Crippen LogP contribution in [0.25, 0.3) is 0 Å². The van der Waals surface area contributed by atoms with E-state index in [1.807, 2.05) is 0 Å². The van der Waals surface area contributed by atoms with Crippen molar-refractivity contribution in [1.82, 2.24) is 4.90 Å². The van der Waals surface area contributed by atoms with Crippen molar-refractivity contribution in [3.05, 3.63) is 46.6 Å². The second kappa shape index (κ2) is 7.69. The van der Waals surface area contributed by atoms with E-state index in [4.69, 9.17) is 0 Å². The Labute approximate surface area is 140 Å². The molecule has 0 bridgehead atoms. The molecule has 1 aliphatic rings. The van der Waals surface area contributed by atoms with Crippen molar-refractivity contribution in [2.24, 2.45) is 0 Å². The summed E-state index contributed by atoms with van der Waals surface area (Å²) in [6.45, 7) is 10.6. The molecular weight excluding hydrogens is 286 g/mol. The first kappa shape index (κ1) is 17.6. The third-order valence-electron chi connectivity index (χ3n) is 4.67. The number of phenols is 2. The quantitative estimate of drug-likeness (QED) is 0.611. The highest BCUT2D eigenvalue weighted by Crippen LogP contribution is 2.36. The summed E-state index contributed by atoms with van der Waals surface area (Å²) >= 11 is 0. The summed E-state index contributed by atoms with van der Waals surface area (Å²) in [4.78, 5) is 2.42. The van der Waals surface area contributed by atoms with Gasteiger partial charge in [-0.05, 0) is 70.2 Å². The molecule has 0 spiro atoms. The van der Waals surface area contributed by atoms with Crippen LogP contribution in [0.1, 0.15) is 57.7 Å². The van der Waals surface area contributed by atoms with Crippen LogP contribution in [0.2, 0.25) is 0 Å². The highest BCUT2D eigenvalue weighted by atomic mass is 16.3. The van der Waals surface area contributed by atoms with Crippen LogP contribution in [0.4, 0.5) is 0 Å². The number of hydrogen-bond acceptors (Lipinski definition) is 3. The Kier molecular flexibility index (Phi) is 5.89. The van der Waals surface area contributed by atoms with Crippen LogP contribution in [0.3, 0.4) is 0 Å². The number of nitrogens with zero attached hydrogens (tertiary/aromatic N) is 1. The molecule has 2 rings (SSSR count). The van der Waals surface area contributed by atoms with Gasteiger partial charge in [0.15, 0.2) is 11.5 Å². The molecule has 0 aromatic heterocycles. The van der Waals surface area contributed by atoms with E-state index in [1.54, 1.807) is 12.1 Å². The number of fused-ring (bicyclic) bond motifs is 1. The van der Waals surface area contributed by atoms with Crippen LogP contribution in [0.5, 0.6) is 11.5 Å². The van der Waals surface area contributed by atoms with Crippen molar-refractivity contribution >= 4 is 0 Å². The number of aromatic hydroxyl groups is 2. The molecule has 1 atom stereocenters. The molecule has 1 aliphatic heterocycles. The maximum absolute atomic E-state index is 9.75. The van der Waals surface area contributed by atoms with Crippen molar-refractivity contribution in [3.8, 4) is 11.5 Å². The molecule has 3 heteroatoms. The standard InChI is InChI=1S/C20H29NO2/c1-14(2)6-5-7-15(3)8-10-21-11-9-17-12-19(22)20(23)13-18(17)16(21)4/h6,8,12-13,16,22-23H,5,7,9-11H2,1-4H3/b15-8+. The zero-order chi connectivity index (χ0) is 17.0. The first-order valence-electron chi connectivity index (χ1n) is 8.46. The lowest BCUT2D eigenvalue weighted by atomic mass is 9.93. The van der Waals surface area contributed by atoms with Gasteiger partial charge in [0.1, 0.15) is 0 Å². The number of rotatable bonds is 5. The predicted octanol–water partition coefficient (Wildman–Crippen LogP) is 4.71. The van der Waals surface area contributed by atoms with Crippen LogP contribution in [-0.2, 0) is 6.42 Å². The predicted molar refractivity (Wildman–Crippen MR) is 95.9 cm³/mol. The van der Waals surface area contributed by atoms with Gasteiger partial charge in [0.25, 0.3) is 0 Å². The fraction of sp³-hybridized carbons (Fsp3) is 0.500. The molecule has 1 aromatic rings. The van der Waals surface area contributed by atoms with Crippen molar-refractivity contribution in [2.75, 3.05) is 13.1 Å². The van der Waals surface area contributed by atoms with Crippen molar-refractivity contribution in [3.63, 3.8) is 0 Å². The number of allylic oxidation sites excluding steroid dienone is 3. The smallest absolute Gasteiger partial charge is 0.157 e. The van der Waals surface area contributed by atoms with Gasteiger partial charge >= 0.3 is 0 Å². The summed E-state index contributed by atoms with van der Waals surface area (Å²) < 4.78 is 0. The van der Waals surface area contributed by atoms with E-state index >= 15 is 0 Å². The first-order valence-corrected chi connectivity index (χ1v) is 8.46. The Balaban J connectivity index is 2.00. The minimum Gasteiger partial charge on any atom is -0.504 e. The molecular formula is C20H29NO2. The molecule has 0 radical (unpaired) electrons. The fourth-order valence-corrected chi connectivity index (χ4v) is 3.11. The van der Waals surface area contributed by atoms with Gasteiger partial charge in [-0.25, -0.2) is 0 Å². The zero-order valence-corrected chi connectivity index (χ0v) is 14.8. The van der Waals surface area contributed by atoms with Crippen LogP contribution in [-0.4, -0.2) is 28.2 Å². The second-order valence-electron chi connectivity index (χ2n) is 6.83. The van der Waals surface area contributed by atoms with E-state index in [9.17, 15) is 10.2 Å². The minimum atomic E-state index is -0.0223. The molecule has 2 N–H and O–H groups in total. The monoisotopic (exact) mass is 315 g/mol. The van der Waals surface area contributed by atoms with E-state index in [0.29, 0.717) is 0 Å². The molecule has 23 heavy (non-hydrogen) atoms. The van der Waals surface area contributed by atoms with E-state index in [-0.39, 0.29) is 17.5 Å². The Bertz CT molecular complexity index is 612. The SMILES string of the molecule is CC(C)=CCC/C(C)=C/CN1CCc2cc(O)c(O)cc2C1C. The van der Waals surface area contributed by atoms with Gasteiger partial charge in [-0.3, -0.25) is 4.90 Å². The lowest BCUT2D eigenvalue weighted by Crippen LogP contribution is -2.34. The summed E-state index contributed by atoms with van der Waals surface area (Å²) in [5.41, 5.74) is 5.08. The molecule has 3 nitrogen and oxygen atoms in total. The summed E-state index contributed by atoms with van der Waals surface area (Å²) in [7, 11) is 0. The van der Waals surface area contributed by atoms with Crippen molar-refractivity contribution < 1.29 is 10.2 Å². The van der Waals surface area contributed by atoms with Gasteiger partial charge in [-0.15, -0.1) is 0 Å². The van der Waals surface area contributed by atoms with Crippen molar-refractivity contribution in [2.45, 2.75) is 53.0 Å². The Hall–Kier alpha value is -1.74. The van der Waals surface area contributed by atoms with Gasteiger partial charge in [0.05, 0.1) is 0 Å². The highest BCUT2D eigenvalue weighted by molar-refractivity contribution is 5.47. The van der Waals surface area contributed by atoms with Crippen molar-refractivity contribution in [1.29, 1.82) is 0 Å². The Morgan fingerprint density at radius 1 is 1.17 bits per heavy atom. The normalized spacial score (nSPS) is 18.6. The lowest BCUT2D eigenvalue weighted by molar-refractivity contribution is 0.219. The van der Waals surface area contributed by atoms with E-state index < -0.39 is 0 Å². The average Bonchev–Trinajstić information content (AvgIpc) is 2.48. The topological polar surface area (TPSA) is 43.7 Å². The molecule has 0 aliphatic carbocycles. The summed E-state index contributed by atoms with van der Waals surface area (Å²) in [6.07, 6.45) is 7.74. The zero-order valence-electron chi connectivity index (χ0n) is 14.8. The molecule has 0 saturated carbocycles. The Morgan fingerprint density at radius 3 is 2.57 bits per heavy atom. The van der Waals surface area contributed by atoms with Gasteiger partial charge in [0.2, 0.25) is 0 Å². The molecule has 1 heterocycles. The number of benzene rings is 1. The summed E-state index contributed by atoms with van der Waals surface area (Å²) in [5, 5.41) is 19.4. The van der Waals surface area contributed by atoms with E-state index in [2.05, 4.69) is 44.7 Å². The van der Waals surface area contributed by atoms with Crippen LogP contribution in [0.15, 0.2) is 35.4 Å². The van der Waals surface area contributed by atoms with Gasteiger partial charge in [-0.1, -0.05) is 23.3 Å². The molecule has 1 aromatic carbocycles. The summed E-state index contributed by atoms with van der Waals surface area (Å²) in [6, 6.07) is 3.68. The minimum absolute atomic E-state index is 0.0144. The van der Waals surface area contributed by atoms with Gasteiger partial charge in [-0.2, -0.15) is 0 Å². The fourth-order valence-electron chi connectivity index (χ4n) is 3.11. The molecule has 1 unspecified atom stereocenters. The van der Waals surface area contributed by atoms with Gasteiger partial charge < -0.3 is 10.2 Å². The number of phenolic OH excluding ortho intramolecular Hbond substituents is 2. The van der Waals surface area contributed by atoms with E-state index in [0.717, 1.165) is 43.5 Å². The van der Waals surface area contributed by atoms with Crippen LogP contribution >= 0.6 is 0 Å². The maximum atomic E-state index is 9.75. The largest absolute Gasteiger partial charge is 0.504 e. The van der Waals surface area contributed by atoms with Crippen LogP contribution in [0, 0.1) is 0 Å². The highest BCUT2D eigenvalue weighted by Gasteiger charge is 2.24. The third kappa shape index (κ3) is 4.61. The summed E-state index contributed by atoms with van der Waals surface area (Å²) in [5.74, 6) is -0.0368. The van der Waals surface area contributed by atoms with E-state index in [1.165, 1.54) is 11.1 Å². The Morgan fingerprint density at radius 2 is 1.87 bits per heavy atom. The molecule has 126 valence electrons. The lowest BCUT2D eigenvalue weighted by Gasteiger charge is -2.34. The first-order chi connectivity index (χ1) is 10.9. The third-order valence-corrected chi connectivity index (χ3v) is 4.67. The average molecular weight is 315 g/mol. The second-order valence-corrected chi connectivity index (χ2v) is 6.83. The maximum Gasteiger partial charge on any atom is 0.157 e. The number of hydrogen-bond donors (Lipinski definition) is 2. The van der Waals surface area contributed by atoms with Gasteiger partial charge in [0, 0.05) is 19.1 Å². The van der Waals surface area contributed by atoms with Crippen LogP contribution < -0.4 is 0 Å². The molecule has 0 amide bonds. The molecule has 0 saturated heterocycles. The molecule has 0 fully saturated rings.